The van der Waals surface area contributed by atoms with Crippen molar-refractivity contribution in [2.24, 2.45) is 0 Å². The van der Waals surface area contributed by atoms with Gasteiger partial charge in [-0.3, -0.25) is 14.2 Å². The minimum atomic E-state index is -0.214. The van der Waals surface area contributed by atoms with Crippen molar-refractivity contribution in [3.05, 3.63) is 57.8 Å². The minimum Gasteiger partial charge on any atom is -0.325 e. The summed E-state index contributed by atoms with van der Waals surface area (Å²) in [5.74, 6) is 0.392. The van der Waals surface area contributed by atoms with Crippen molar-refractivity contribution >= 4 is 11.6 Å². The molecular weight excluding hydrogens is 278 g/mol. The van der Waals surface area contributed by atoms with Gasteiger partial charge < -0.3 is 5.32 Å². The summed E-state index contributed by atoms with van der Waals surface area (Å²) in [7, 11) is 0. The molecule has 0 spiro atoms. The molecule has 1 amide bonds. The van der Waals surface area contributed by atoms with Gasteiger partial charge in [-0.15, -0.1) is 0 Å². The predicted molar refractivity (Wildman–Crippen MR) is 84.9 cm³/mol. The van der Waals surface area contributed by atoms with Crippen molar-refractivity contribution in [1.82, 2.24) is 9.55 Å². The molecule has 114 valence electrons. The number of aryl methyl sites for hydroxylation is 2. The second-order valence-corrected chi connectivity index (χ2v) is 5.60. The average molecular weight is 297 g/mol. The molecule has 1 aromatic heterocycles. The maximum Gasteiger partial charge on any atom is 0.257 e. The number of hydrogen-bond acceptors (Lipinski definition) is 3. The molecule has 1 aromatic carbocycles. The van der Waals surface area contributed by atoms with Gasteiger partial charge in [0.05, 0.1) is 5.69 Å². The van der Waals surface area contributed by atoms with Crippen LogP contribution < -0.4 is 10.9 Å². The largest absolute Gasteiger partial charge is 0.325 e. The van der Waals surface area contributed by atoms with E-state index in [9.17, 15) is 9.59 Å². The molecule has 22 heavy (non-hydrogen) atoms. The molecule has 1 aliphatic rings. The highest BCUT2D eigenvalue weighted by molar-refractivity contribution is 5.90. The Morgan fingerprint density at radius 2 is 1.95 bits per heavy atom. The number of hydrogen-bond donors (Lipinski definition) is 1. The lowest BCUT2D eigenvalue weighted by molar-refractivity contribution is -0.116. The fourth-order valence-electron chi connectivity index (χ4n) is 2.86. The third kappa shape index (κ3) is 2.93. The van der Waals surface area contributed by atoms with Crippen molar-refractivity contribution in [2.45, 2.75) is 39.2 Å². The molecule has 0 fully saturated rings. The van der Waals surface area contributed by atoms with E-state index in [1.54, 1.807) is 6.92 Å². The van der Waals surface area contributed by atoms with E-state index in [0.29, 0.717) is 5.82 Å². The highest BCUT2D eigenvalue weighted by Crippen LogP contribution is 2.16. The third-order valence-electron chi connectivity index (χ3n) is 3.99. The first kappa shape index (κ1) is 14.5. The van der Waals surface area contributed by atoms with Crippen LogP contribution in [0.15, 0.2) is 35.1 Å². The molecule has 0 bridgehead atoms. The molecule has 5 heteroatoms. The van der Waals surface area contributed by atoms with Gasteiger partial charge in [-0.25, -0.2) is 4.98 Å². The number of carbonyl (C=O) groups excluding carboxylic acids is 1. The lowest BCUT2D eigenvalue weighted by atomic mass is 9.97. The quantitative estimate of drug-likeness (QED) is 0.943. The number of benzene rings is 1. The van der Waals surface area contributed by atoms with Gasteiger partial charge in [0.1, 0.15) is 12.4 Å². The molecule has 1 aliphatic carbocycles. The van der Waals surface area contributed by atoms with Gasteiger partial charge in [0.25, 0.3) is 5.56 Å². The Kier molecular flexibility index (Phi) is 4.04. The van der Waals surface area contributed by atoms with Gasteiger partial charge in [0.2, 0.25) is 5.91 Å². The van der Waals surface area contributed by atoms with Crippen molar-refractivity contribution < 1.29 is 4.79 Å². The summed E-state index contributed by atoms with van der Waals surface area (Å²) in [5.41, 5.74) is 2.35. The number of amides is 1. The van der Waals surface area contributed by atoms with Crippen LogP contribution in [0.3, 0.4) is 0 Å². The van der Waals surface area contributed by atoms with Gasteiger partial charge in [0.15, 0.2) is 0 Å². The van der Waals surface area contributed by atoms with Crippen LogP contribution in [0.25, 0.3) is 0 Å². The van der Waals surface area contributed by atoms with Gasteiger partial charge >= 0.3 is 0 Å². The van der Waals surface area contributed by atoms with E-state index in [1.807, 2.05) is 30.3 Å². The number of rotatable bonds is 3. The highest BCUT2D eigenvalue weighted by atomic mass is 16.2. The number of nitrogens with one attached hydrogen (secondary N) is 1. The molecule has 3 rings (SSSR count). The molecule has 0 atom stereocenters. The van der Waals surface area contributed by atoms with E-state index >= 15 is 0 Å². The van der Waals surface area contributed by atoms with Crippen LogP contribution in [-0.4, -0.2) is 15.5 Å². The van der Waals surface area contributed by atoms with E-state index in [4.69, 9.17) is 0 Å². The lowest BCUT2D eigenvalue weighted by Crippen LogP contribution is -2.34. The van der Waals surface area contributed by atoms with Crippen molar-refractivity contribution in [3.8, 4) is 0 Å². The Hall–Kier alpha value is -2.43. The van der Waals surface area contributed by atoms with Crippen molar-refractivity contribution in [1.29, 1.82) is 0 Å². The van der Waals surface area contributed by atoms with E-state index in [1.165, 1.54) is 4.57 Å². The number of aromatic nitrogens is 2. The molecule has 0 saturated carbocycles. The zero-order chi connectivity index (χ0) is 15.5. The topological polar surface area (TPSA) is 64.0 Å². The van der Waals surface area contributed by atoms with Gasteiger partial charge in [-0.1, -0.05) is 18.2 Å². The fraction of sp³-hybridized carbons (Fsp3) is 0.353. The molecule has 0 unspecified atom stereocenters. The maximum absolute atomic E-state index is 12.6. The number of fused-ring (bicyclic) bond motifs is 1. The van der Waals surface area contributed by atoms with Gasteiger partial charge in [-0.2, -0.15) is 0 Å². The van der Waals surface area contributed by atoms with E-state index in [-0.39, 0.29) is 18.0 Å². The Labute approximate surface area is 129 Å². The predicted octanol–water partition coefficient (Wildman–Crippen LogP) is 2.07. The Morgan fingerprint density at radius 3 is 2.73 bits per heavy atom. The first-order valence-electron chi connectivity index (χ1n) is 7.59. The SMILES string of the molecule is Cc1nc2c(c(=O)n1CC(=O)Nc1ccccc1)CCCC2. The van der Waals surface area contributed by atoms with Crippen LogP contribution >= 0.6 is 0 Å². The number of para-hydroxylation sites is 1. The Bertz CT molecular complexity index is 750. The summed E-state index contributed by atoms with van der Waals surface area (Å²) in [5, 5.41) is 2.80. The molecule has 1 heterocycles. The monoisotopic (exact) mass is 297 g/mol. The van der Waals surface area contributed by atoms with E-state index in [0.717, 1.165) is 42.6 Å². The van der Waals surface area contributed by atoms with Gasteiger partial charge in [-0.05, 0) is 44.7 Å². The normalized spacial score (nSPS) is 13.5. The first-order valence-corrected chi connectivity index (χ1v) is 7.59. The van der Waals surface area contributed by atoms with E-state index < -0.39 is 0 Å². The molecule has 2 aromatic rings. The average Bonchev–Trinajstić information content (AvgIpc) is 2.52. The van der Waals surface area contributed by atoms with Crippen LogP contribution in [0.2, 0.25) is 0 Å². The molecule has 0 aliphatic heterocycles. The van der Waals surface area contributed by atoms with Gasteiger partial charge in [0, 0.05) is 11.3 Å². The zero-order valence-corrected chi connectivity index (χ0v) is 12.6. The van der Waals surface area contributed by atoms with Crippen molar-refractivity contribution in [2.75, 3.05) is 5.32 Å². The van der Waals surface area contributed by atoms with Crippen LogP contribution in [0.4, 0.5) is 5.69 Å². The number of carbonyl (C=O) groups is 1. The Balaban J connectivity index is 1.83. The minimum absolute atomic E-state index is 0.000158. The molecular formula is C17H19N3O2. The second kappa shape index (κ2) is 6.13. The lowest BCUT2D eigenvalue weighted by Gasteiger charge is -2.18. The van der Waals surface area contributed by atoms with E-state index in [2.05, 4.69) is 10.3 Å². The maximum atomic E-state index is 12.6. The highest BCUT2D eigenvalue weighted by Gasteiger charge is 2.18. The third-order valence-corrected chi connectivity index (χ3v) is 3.99. The summed E-state index contributed by atoms with van der Waals surface area (Å²) in [4.78, 5) is 29.2. The summed E-state index contributed by atoms with van der Waals surface area (Å²) < 4.78 is 1.47. The summed E-state index contributed by atoms with van der Waals surface area (Å²) in [6, 6.07) is 9.23. The van der Waals surface area contributed by atoms with Crippen LogP contribution in [-0.2, 0) is 24.2 Å². The van der Waals surface area contributed by atoms with Crippen LogP contribution in [0.5, 0.6) is 0 Å². The van der Waals surface area contributed by atoms with Crippen LogP contribution in [0.1, 0.15) is 29.9 Å². The summed E-state index contributed by atoms with van der Waals surface area (Å²) in [6.07, 6.45) is 3.73. The smallest absolute Gasteiger partial charge is 0.257 e. The molecule has 1 N–H and O–H groups in total. The summed E-state index contributed by atoms with van der Waals surface area (Å²) >= 11 is 0. The van der Waals surface area contributed by atoms with Crippen molar-refractivity contribution in [3.63, 3.8) is 0 Å². The number of anilines is 1. The standard InChI is InChI=1S/C17H19N3O2/c1-12-18-15-10-6-5-9-14(15)17(22)20(12)11-16(21)19-13-7-3-2-4-8-13/h2-4,7-8H,5-6,9-11H2,1H3,(H,19,21). The fourth-order valence-corrected chi connectivity index (χ4v) is 2.86. The molecule has 0 saturated heterocycles. The molecule has 0 radical (unpaired) electrons. The second-order valence-electron chi connectivity index (χ2n) is 5.60. The number of nitrogens with zero attached hydrogens (tertiary/aromatic N) is 2. The van der Waals surface area contributed by atoms with Crippen LogP contribution in [0, 0.1) is 6.92 Å². The summed E-state index contributed by atoms with van der Waals surface area (Å²) in [6.45, 7) is 1.78. The zero-order valence-electron chi connectivity index (χ0n) is 12.6. The Morgan fingerprint density at radius 1 is 1.23 bits per heavy atom. The molecule has 5 nitrogen and oxygen atoms in total. The first-order chi connectivity index (χ1) is 10.6.